The van der Waals surface area contributed by atoms with Crippen LogP contribution in [-0.4, -0.2) is 6.61 Å². The van der Waals surface area contributed by atoms with Crippen molar-refractivity contribution in [3.63, 3.8) is 0 Å². The predicted molar refractivity (Wildman–Crippen MR) is 19.8 cm³/mol. The standard InChI is InChI=1S/C4H9O.3BrH.Ti/c1-2-3-4-5;;;;/h2-4H2,1H3;3*1H;/q-1;;;;+4/p-3. The maximum Gasteiger partial charge on any atom is 4.00 e. The molecule has 0 N–H and O–H groups in total. The summed E-state index contributed by atoms with van der Waals surface area (Å²) in [6.07, 6.45) is 1.86. The van der Waals surface area contributed by atoms with Gasteiger partial charge in [-0.3, -0.25) is 0 Å². The van der Waals surface area contributed by atoms with Crippen LogP contribution >= 0.6 is 0 Å². The van der Waals surface area contributed by atoms with Crippen LogP contribution in [0.15, 0.2) is 0 Å². The van der Waals surface area contributed by atoms with Crippen LogP contribution in [0.1, 0.15) is 19.8 Å². The van der Waals surface area contributed by atoms with Gasteiger partial charge in [-0.1, -0.05) is 19.8 Å². The van der Waals surface area contributed by atoms with Gasteiger partial charge in [-0.15, -0.1) is 6.61 Å². The Kier molecular flexibility index (Phi) is 109. The van der Waals surface area contributed by atoms with Crippen LogP contribution in [0, 0.1) is 0 Å². The monoisotopic (exact) mass is 358 g/mol. The van der Waals surface area contributed by atoms with E-state index < -0.39 is 0 Å². The topological polar surface area (TPSA) is 23.1 Å². The van der Waals surface area contributed by atoms with Crippen molar-refractivity contribution in [3.05, 3.63) is 0 Å². The summed E-state index contributed by atoms with van der Waals surface area (Å²) in [5, 5.41) is 9.53. The second-order valence-corrected chi connectivity index (χ2v) is 1.06. The minimum absolute atomic E-state index is 0. The Morgan fingerprint density at radius 1 is 1.11 bits per heavy atom. The zero-order chi connectivity index (χ0) is 4.12. The van der Waals surface area contributed by atoms with Crippen LogP contribution in [-0.2, 0) is 21.7 Å². The van der Waals surface area contributed by atoms with Crippen molar-refractivity contribution in [2.75, 3.05) is 6.61 Å². The van der Waals surface area contributed by atoms with E-state index in [9.17, 15) is 5.11 Å². The molecule has 0 aliphatic carbocycles. The van der Waals surface area contributed by atoms with E-state index in [2.05, 4.69) is 0 Å². The first-order chi connectivity index (χ1) is 2.41. The van der Waals surface area contributed by atoms with Gasteiger partial charge in [0.2, 0.25) is 0 Å². The van der Waals surface area contributed by atoms with Gasteiger partial charge in [0.1, 0.15) is 0 Å². The molecule has 0 saturated carbocycles. The van der Waals surface area contributed by atoms with Gasteiger partial charge in [0.15, 0.2) is 0 Å². The van der Waals surface area contributed by atoms with E-state index in [1.165, 1.54) is 0 Å². The first kappa shape index (κ1) is 30.4. The fourth-order valence-corrected chi connectivity index (χ4v) is 0.144. The Balaban J connectivity index is -0.0000000133. The molecule has 5 heteroatoms. The molecule has 0 atom stereocenters. The molecule has 0 amide bonds. The number of hydrogen-bond donors (Lipinski definition) is 0. The zero-order valence-corrected chi connectivity index (χ0v) is 11.5. The van der Waals surface area contributed by atoms with Crippen LogP contribution in [0.5, 0.6) is 0 Å². The molecule has 0 aliphatic rings. The molecule has 0 saturated heterocycles. The summed E-state index contributed by atoms with van der Waals surface area (Å²) in [6.45, 7) is 2.11. The molecule has 0 fully saturated rings. The molecular weight excluding hydrogens is 352 g/mol. The van der Waals surface area contributed by atoms with Crippen molar-refractivity contribution < 1.29 is 77.8 Å². The van der Waals surface area contributed by atoms with E-state index in [0.29, 0.717) is 0 Å². The normalized spacial score (nSPS) is 4.67. The molecule has 1 nitrogen and oxygen atoms in total. The minimum atomic E-state index is 0. The van der Waals surface area contributed by atoms with Crippen molar-refractivity contribution in [1.29, 1.82) is 0 Å². The molecule has 0 unspecified atom stereocenters. The third-order valence-corrected chi connectivity index (χ3v) is 0.498. The maximum absolute atomic E-state index is 9.53. The molecule has 0 aromatic heterocycles. The molecule has 9 heavy (non-hydrogen) atoms. The number of hydrogen-bond acceptors (Lipinski definition) is 1. The Labute approximate surface area is 103 Å². The first-order valence-electron chi connectivity index (χ1n) is 2.00. The van der Waals surface area contributed by atoms with E-state index in [1.54, 1.807) is 0 Å². The number of halogens is 3. The van der Waals surface area contributed by atoms with Gasteiger partial charge in [-0.2, -0.15) is 0 Å². The summed E-state index contributed by atoms with van der Waals surface area (Å²) in [6, 6.07) is 0. The van der Waals surface area contributed by atoms with Gasteiger partial charge >= 0.3 is 21.7 Å². The van der Waals surface area contributed by atoms with Crippen LogP contribution in [0.3, 0.4) is 0 Å². The number of unbranched alkanes of at least 4 members (excludes halogenated alkanes) is 1. The summed E-state index contributed by atoms with van der Waals surface area (Å²) >= 11 is 0. The molecule has 0 radical (unpaired) electrons. The van der Waals surface area contributed by atoms with Crippen molar-refractivity contribution in [2.45, 2.75) is 19.8 Å². The molecule has 56 valence electrons. The van der Waals surface area contributed by atoms with Crippen molar-refractivity contribution >= 4 is 0 Å². The van der Waals surface area contributed by atoms with Gasteiger partial charge in [0.05, 0.1) is 0 Å². The molecule has 0 aromatic carbocycles. The van der Waals surface area contributed by atoms with E-state index in [-0.39, 0.29) is 79.3 Å². The quantitative estimate of drug-likeness (QED) is 0.449. The second kappa shape index (κ2) is 32.1. The maximum atomic E-state index is 9.53. The van der Waals surface area contributed by atoms with E-state index in [1.807, 2.05) is 6.92 Å². The van der Waals surface area contributed by atoms with Crippen LogP contribution in [0.25, 0.3) is 0 Å². The Morgan fingerprint density at radius 3 is 1.44 bits per heavy atom. The zero-order valence-electron chi connectivity index (χ0n) is 5.16. The third-order valence-electron chi connectivity index (χ3n) is 0.498. The van der Waals surface area contributed by atoms with Crippen LogP contribution < -0.4 is 56.1 Å². The Bertz CT molecular complexity index is 23.3. The first-order valence-corrected chi connectivity index (χ1v) is 2.00. The summed E-state index contributed by atoms with van der Waals surface area (Å²) in [4.78, 5) is 0. The molecular formula is C4H9Br3OTi. The summed E-state index contributed by atoms with van der Waals surface area (Å²) < 4.78 is 0. The molecule has 0 aliphatic heterocycles. The molecule has 0 bridgehead atoms. The fourth-order valence-electron chi connectivity index (χ4n) is 0.144. The summed E-state index contributed by atoms with van der Waals surface area (Å²) in [5.74, 6) is 0. The van der Waals surface area contributed by atoms with Crippen LogP contribution in [0.4, 0.5) is 0 Å². The average Bonchev–Trinajstić information content (AvgIpc) is 1.41. The van der Waals surface area contributed by atoms with Crippen molar-refractivity contribution in [1.82, 2.24) is 0 Å². The second-order valence-electron chi connectivity index (χ2n) is 1.06. The summed E-state index contributed by atoms with van der Waals surface area (Å²) in [7, 11) is 0. The number of rotatable bonds is 2. The smallest absolute Gasteiger partial charge is 1.00 e. The molecule has 0 rings (SSSR count). The largest absolute Gasteiger partial charge is 4.00 e. The minimum Gasteiger partial charge on any atom is -1.00 e. The van der Waals surface area contributed by atoms with E-state index in [4.69, 9.17) is 0 Å². The predicted octanol–water partition coefficient (Wildman–Crippen LogP) is -8.84. The third kappa shape index (κ3) is 39.3. The van der Waals surface area contributed by atoms with Gasteiger partial charge in [-0.25, -0.2) is 0 Å². The van der Waals surface area contributed by atoms with Crippen molar-refractivity contribution in [2.24, 2.45) is 0 Å². The van der Waals surface area contributed by atoms with Crippen LogP contribution in [0.2, 0.25) is 0 Å². The average molecular weight is 361 g/mol. The van der Waals surface area contributed by atoms with E-state index >= 15 is 0 Å². The van der Waals surface area contributed by atoms with Gasteiger partial charge < -0.3 is 56.1 Å². The van der Waals surface area contributed by atoms with Gasteiger partial charge in [-0.05, 0) is 0 Å². The molecule has 0 spiro atoms. The van der Waals surface area contributed by atoms with Gasteiger partial charge in [0, 0.05) is 0 Å². The SMILES string of the molecule is CCCC[O-].[Br-].[Br-].[Br-].[Ti+4]. The molecule has 0 heterocycles. The Hall–Kier alpha value is 2.11. The molecule has 0 aromatic rings. The van der Waals surface area contributed by atoms with Gasteiger partial charge in [0.25, 0.3) is 0 Å². The fraction of sp³-hybridized carbons (Fsp3) is 1.00. The summed E-state index contributed by atoms with van der Waals surface area (Å²) in [5.41, 5.74) is 0. The Morgan fingerprint density at radius 2 is 1.44 bits per heavy atom. The van der Waals surface area contributed by atoms with E-state index in [0.717, 1.165) is 12.8 Å². The van der Waals surface area contributed by atoms with Crippen molar-refractivity contribution in [3.8, 4) is 0 Å².